The van der Waals surface area contributed by atoms with Crippen molar-refractivity contribution in [3.8, 4) is 0 Å². The summed E-state index contributed by atoms with van der Waals surface area (Å²) in [5, 5.41) is 3.37. The molecule has 8 heteroatoms. The maximum Gasteiger partial charge on any atom is 0.226 e. The van der Waals surface area contributed by atoms with E-state index in [-0.39, 0.29) is 5.28 Å². The molecular weight excluding hydrogens is 270 g/mol. The van der Waals surface area contributed by atoms with Gasteiger partial charge < -0.3 is 19.8 Å². The van der Waals surface area contributed by atoms with Crippen LogP contribution in [0.1, 0.15) is 6.42 Å². The van der Waals surface area contributed by atoms with Crippen molar-refractivity contribution in [2.24, 2.45) is 0 Å². The number of nitrogens with one attached hydrogen (secondary N) is 2. The number of anilines is 1. The van der Waals surface area contributed by atoms with Crippen LogP contribution in [0.25, 0.3) is 11.2 Å². The summed E-state index contributed by atoms with van der Waals surface area (Å²) in [6, 6.07) is 0. The predicted octanol–water partition coefficient (Wildman–Crippen LogP) is 1.47. The zero-order valence-electron chi connectivity index (χ0n) is 10.6. The minimum absolute atomic E-state index is 0.179. The number of hydrogen-bond acceptors (Lipinski definition) is 6. The highest BCUT2D eigenvalue weighted by Crippen LogP contribution is 2.18. The van der Waals surface area contributed by atoms with Gasteiger partial charge in [-0.3, -0.25) is 0 Å². The van der Waals surface area contributed by atoms with Crippen LogP contribution in [0.15, 0.2) is 6.33 Å². The first-order valence-electron chi connectivity index (χ1n) is 5.98. The molecule has 0 amide bonds. The van der Waals surface area contributed by atoms with Crippen LogP contribution < -0.4 is 5.32 Å². The third kappa shape index (κ3) is 4.02. The lowest BCUT2D eigenvalue weighted by atomic mass is 10.4. The SMILES string of the molecule is COCCOCCCNc1nc(Cl)nc2nc[nH]c12. The Kier molecular flexibility index (Phi) is 5.31. The van der Waals surface area contributed by atoms with Crippen molar-refractivity contribution in [1.82, 2.24) is 19.9 Å². The summed E-state index contributed by atoms with van der Waals surface area (Å²) in [5.41, 5.74) is 1.31. The normalized spacial score (nSPS) is 11.1. The number of ether oxygens (including phenoxy) is 2. The van der Waals surface area contributed by atoms with Gasteiger partial charge >= 0.3 is 0 Å². The summed E-state index contributed by atoms with van der Waals surface area (Å²) < 4.78 is 10.3. The van der Waals surface area contributed by atoms with Crippen molar-refractivity contribution < 1.29 is 9.47 Å². The van der Waals surface area contributed by atoms with Crippen molar-refractivity contribution in [2.45, 2.75) is 6.42 Å². The molecule has 0 atom stereocenters. The summed E-state index contributed by atoms with van der Waals surface area (Å²) in [4.78, 5) is 15.2. The number of nitrogens with zero attached hydrogens (tertiary/aromatic N) is 3. The largest absolute Gasteiger partial charge is 0.382 e. The quantitative estimate of drug-likeness (QED) is 0.564. The van der Waals surface area contributed by atoms with E-state index in [0.717, 1.165) is 18.5 Å². The second-order valence-electron chi connectivity index (χ2n) is 3.83. The van der Waals surface area contributed by atoms with Crippen LogP contribution in [-0.4, -0.2) is 53.4 Å². The number of imidazole rings is 1. The van der Waals surface area contributed by atoms with Crippen LogP contribution in [-0.2, 0) is 9.47 Å². The number of methoxy groups -OCH3 is 1. The smallest absolute Gasteiger partial charge is 0.226 e. The topological polar surface area (TPSA) is 84.9 Å². The van der Waals surface area contributed by atoms with Crippen molar-refractivity contribution in [3.05, 3.63) is 11.6 Å². The highest BCUT2D eigenvalue weighted by atomic mass is 35.5. The summed E-state index contributed by atoms with van der Waals surface area (Å²) in [6.07, 6.45) is 2.43. The number of halogens is 1. The Bertz CT molecular complexity index is 519. The maximum absolute atomic E-state index is 5.82. The zero-order chi connectivity index (χ0) is 13.5. The van der Waals surface area contributed by atoms with Gasteiger partial charge in [-0.2, -0.15) is 9.97 Å². The molecule has 0 radical (unpaired) electrons. The average Bonchev–Trinajstić information content (AvgIpc) is 2.85. The van der Waals surface area contributed by atoms with E-state index in [0.29, 0.717) is 31.3 Å². The molecule has 7 nitrogen and oxygen atoms in total. The Morgan fingerprint density at radius 2 is 2.21 bits per heavy atom. The number of fused-ring (bicyclic) bond motifs is 1. The summed E-state index contributed by atoms with van der Waals surface area (Å²) in [5.74, 6) is 0.657. The monoisotopic (exact) mass is 285 g/mol. The van der Waals surface area contributed by atoms with Crippen molar-refractivity contribution >= 4 is 28.6 Å². The Hall–Kier alpha value is -1.44. The second-order valence-corrected chi connectivity index (χ2v) is 4.17. The molecule has 0 aliphatic carbocycles. The lowest BCUT2D eigenvalue weighted by Crippen LogP contribution is -2.09. The van der Waals surface area contributed by atoms with Gasteiger partial charge in [0, 0.05) is 20.3 Å². The molecule has 0 spiro atoms. The van der Waals surface area contributed by atoms with E-state index in [2.05, 4.69) is 25.3 Å². The van der Waals surface area contributed by atoms with E-state index < -0.39 is 0 Å². The van der Waals surface area contributed by atoms with Crippen LogP contribution in [0.3, 0.4) is 0 Å². The minimum Gasteiger partial charge on any atom is -0.382 e. The first-order valence-corrected chi connectivity index (χ1v) is 6.36. The Morgan fingerprint density at radius 1 is 1.32 bits per heavy atom. The molecular formula is C11H16ClN5O2. The fraction of sp³-hybridized carbons (Fsp3) is 0.545. The number of aromatic amines is 1. The van der Waals surface area contributed by atoms with Crippen LogP contribution in [0, 0.1) is 0 Å². The third-order valence-corrected chi connectivity index (χ3v) is 2.62. The first-order chi connectivity index (χ1) is 9.31. The van der Waals surface area contributed by atoms with Crippen LogP contribution >= 0.6 is 11.6 Å². The van der Waals surface area contributed by atoms with Crippen LogP contribution in [0.4, 0.5) is 5.82 Å². The molecule has 104 valence electrons. The van der Waals surface area contributed by atoms with E-state index in [1.54, 1.807) is 13.4 Å². The molecule has 0 unspecified atom stereocenters. The standard InChI is InChI=1S/C11H16ClN5O2/c1-18-5-6-19-4-2-3-13-9-8-10(15-7-14-8)17-11(12)16-9/h7H,2-6H2,1H3,(H2,13,14,15,16,17). The molecule has 19 heavy (non-hydrogen) atoms. The van der Waals surface area contributed by atoms with Crippen molar-refractivity contribution in [3.63, 3.8) is 0 Å². The molecule has 0 aliphatic heterocycles. The van der Waals surface area contributed by atoms with Gasteiger partial charge in [-0.1, -0.05) is 0 Å². The minimum atomic E-state index is 0.179. The van der Waals surface area contributed by atoms with Gasteiger partial charge in [-0.05, 0) is 18.0 Å². The fourth-order valence-electron chi connectivity index (χ4n) is 1.56. The molecule has 0 fully saturated rings. The summed E-state index contributed by atoms with van der Waals surface area (Å²) >= 11 is 5.82. The van der Waals surface area contributed by atoms with E-state index in [1.165, 1.54) is 0 Å². The number of H-pyrrole nitrogens is 1. The van der Waals surface area contributed by atoms with Gasteiger partial charge in [0.25, 0.3) is 0 Å². The van der Waals surface area contributed by atoms with Crippen LogP contribution in [0.2, 0.25) is 5.28 Å². The Labute approximate surface area is 115 Å². The maximum atomic E-state index is 5.82. The van der Waals surface area contributed by atoms with Gasteiger partial charge in [-0.25, -0.2) is 4.98 Å². The molecule has 2 aromatic heterocycles. The average molecular weight is 286 g/mol. The molecule has 0 bridgehead atoms. The van der Waals surface area contributed by atoms with Gasteiger partial charge in [0.15, 0.2) is 11.5 Å². The lowest BCUT2D eigenvalue weighted by Gasteiger charge is -2.07. The second kappa shape index (κ2) is 7.22. The van der Waals surface area contributed by atoms with Gasteiger partial charge in [0.05, 0.1) is 19.5 Å². The molecule has 2 N–H and O–H groups in total. The number of rotatable bonds is 8. The third-order valence-electron chi connectivity index (χ3n) is 2.45. The molecule has 2 heterocycles. The number of hydrogen-bond donors (Lipinski definition) is 2. The molecule has 0 aromatic carbocycles. The first kappa shape index (κ1) is 14.0. The van der Waals surface area contributed by atoms with Gasteiger partial charge in [0.2, 0.25) is 5.28 Å². The zero-order valence-corrected chi connectivity index (χ0v) is 11.4. The van der Waals surface area contributed by atoms with E-state index in [1.807, 2.05) is 0 Å². The Balaban J connectivity index is 1.79. The van der Waals surface area contributed by atoms with Gasteiger partial charge in [-0.15, -0.1) is 0 Å². The summed E-state index contributed by atoms with van der Waals surface area (Å²) in [7, 11) is 1.65. The van der Waals surface area contributed by atoms with Crippen LogP contribution in [0.5, 0.6) is 0 Å². The molecule has 0 saturated heterocycles. The summed E-state index contributed by atoms with van der Waals surface area (Å²) in [6.45, 7) is 2.63. The van der Waals surface area contributed by atoms with E-state index >= 15 is 0 Å². The Morgan fingerprint density at radius 3 is 3.05 bits per heavy atom. The highest BCUT2D eigenvalue weighted by Gasteiger charge is 2.07. The fourth-order valence-corrected chi connectivity index (χ4v) is 1.72. The highest BCUT2D eigenvalue weighted by molar-refractivity contribution is 6.28. The molecule has 2 aromatic rings. The van der Waals surface area contributed by atoms with Crippen molar-refractivity contribution in [1.29, 1.82) is 0 Å². The van der Waals surface area contributed by atoms with E-state index in [4.69, 9.17) is 21.1 Å². The van der Waals surface area contributed by atoms with E-state index in [9.17, 15) is 0 Å². The predicted molar refractivity (Wildman–Crippen MR) is 72.5 cm³/mol. The van der Waals surface area contributed by atoms with Gasteiger partial charge in [0.1, 0.15) is 5.52 Å². The number of aromatic nitrogens is 4. The molecule has 0 aliphatic rings. The lowest BCUT2D eigenvalue weighted by molar-refractivity contribution is 0.0705. The van der Waals surface area contributed by atoms with Crippen molar-refractivity contribution in [2.75, 3.05) is 38.8 Å². The molecule has 0 saturated carbocycles. The molecule has 2 rings (SSSR count).